The average molecular weight is 787 g/mol. The Kier molecular flexibility index (Phi) is 12.3. The number of aryl methyl sites for hydroxylation is 1. The van der Waals surface area contributed by atoms with Crippen LogP contribution in [-0.2, 0) is 26.8 Å². The smallest absolute Gasteiger partial charge is 0.251 e. The highest BCUT2D eigenvalue weighted by Gasteiger charge is 2.17. The molecule has 0 atom stereocenters. The number of ether oxygens (including phenoxy) is 4. The van der Waals surface area contributed by atoms with E-state index in [-0.39, 0.29) is 54.2 Å². The minimum Gasteiger partial charge on any atom is -0.495 e. The third-order valence-electron chi connectivity index (χ3n) is 7.94. The molecule has 0 radical (unpaired) electrons. The van der Waals surface area contributed by atoms with E-state index in [9.17, 15) is 14.0 Å². The summed E-state index contributed by atoms with van der Waals surface area (Å²) in [6.45, 7) is 0.456. The van der Waals surface area contributed by atoms with E-state index in [1.165, 1.54) is 58.2 Å². The molecule has 6 rings (SSSR count). The lowest BCUT2D eigenvalue weighted by Crippen LogP contribution is -2.27. The van der Waals surface area contributed by atoms with Gasteiger partial charge in [0.25, 0.3) is 11.8 Å². The highest BCUT2D eigenvalue weighted by atomic mass is 35.5. The van der Waals surface area contributed by atoms with Crippen LogP contribution in [-0.4, -0.2) is 79.1 Å². The molecular weight excluding hydrogens is 751 g/mol. The van der Waals surface area contributed by atoms with Gasteiger partial charge in [0.1, 0.15) is 19.0 Å². The molecule has 0 aliphatic rings. The molecule has 18 nitrogen and oxygen atoms in total. The SMILES string of the molecule is CNC(=O)c1cc(COc2cnc(Nc3cnn(CCNC(=O)c4cc(COc5cnc(Nc6cnn(C)c6)nc5)c(Cl)c(OC)c4)c3)nc2)c(F)c(OC)c1. The Morgan fingerprint density at radius 1 is 0.750 bits per heavy atom. The van der Waals surface area contributed by atoms with E-state index in [2.05, 4.69) is 51.4 Å². The van der Waals surface area contributed by atoms with Gasteiger partial charge in [0, 0.05) is 55.3 Å². The number of halogens is 2. The number of carbonyl (C=O) groups excluding carboxylic acids is 2. The van der Waals surface area contributed by atoms with Crippen LogP contribution in [0.25, 0.3) is 0 Å². The number of rotatable bonds is 17. The van der Waals surface area contributed by atoms with Gasteiger partial charge in [-0.25, -0.2) is 24.3 Å². The Labute approximate surface area is 324 Å². The van der Waals surface area contributed by atoms with Crippen molar-refractivity contribution in [2.75, 3.05) is 38.4 Å². The fraction of sp³-hybridized carbons (Fsp3) is 0.222. The van der Waals surface area contributed by atoms with Crippen LogP contribution in [0.15, 0.2) is 73.8 Å². The maximum Gasteiger partial charge on any atom is 0.251 e. The molecule has 0 aliphatic heterocycles. The molecule has 0 saturated carbocycles. The minimum absolute atomic E-state index is 0.0298. The van der Waals surface area contributed by atoms with Gasteiger partial charge in [0.05, 0.1) is 74.3 Å². The monoisotopic (exact) mass is 786 g/mol. The van der Waals surface area contributed by atoms with Crippen molar-refractivity contribution in [3.05, 3.63) is 107 Å². The first-order valence-electron chi connectivity index (χ1n) is 16.8. The summed E-state index contributed by atoms with van der Waals surface area (Å²) in [6, 6.07) is 5.89. The number of carbonyl (C=O) groups is 2. The quantitative estimate of drug-likeness (QED) is 0.101. The maximum atomic E-state index is 14.8. The van der Waals surface area contributed by atoms with Crippen LogP contribution in [0.5, 0.6) is 23.0 Å². The third kappa shape index (κ3) is 9.74. The molecule has 2 amide bonds. The second kappa shape index (κ2) is 17.9. The molecule has 20 heteroatoms. The molecule has 0 unspecified atom stereocenters. The van der Waals surface area contributed by atoms with E-state index in [0.29, 0.717) is 45.8 Å². The molecule has 4 heterocycles. The molecule has 6 aromatic rings. The van der Waals surface area contributed by atoms with E-state index in [1.807, 2.05) is 7.05 Å². The minimum atomic E-state index is -0.637. The maximum absolute atomic E-state index is 14.8. The molecule has 0 spiro atoms. The van der Waals surface area contributed by atoms with Crippen molar-refractivity contribution < 1.29 is 32.9 Å². The summed E-state index contributed by atoms with van der Waals surface area (Å²) in [5, 5.41) is 20.2. The predicted molar refractivity (Wildman–Crippen MR) is 201 cm³/mol. The lowest BCUT2D eigenvalue weighted by molar-refractivity contribution is 0.0947. The van der Waals surface area contributed by atoms with Crippen LogP contribution in [0.4, 0.5) is 27.7 Å². The van der Waals surface area contributed by atoms with E-state index in [0.717, 1.165) is 5.69 Å². The number of anilines is 4. The van der Waals surface area contributed by atoms with Crippen molar-refractivity contribution in [1.29, 1.82) is 0 Å². The van der Waals surface area contributed by atoms with Gasteiger partial charge in [-0.05, 0) is 24.3 Å². The first kappa shape index (κ1) is 38.7. The van der Waals surface area contributed by atoms with Crippen LogP contribution < -0.4 is 40.2 Å². The van der Waals surface area contributed by atoms with Crippen molar-refractivity contribution in [3.63, 3.8) is 0 Å². The first-order valence-corrected chi connectivity index (χ1v) is 17.2. The van der Waals surface area contributed by atoms with Crippen molar-refractivity contribution in [3.8, 4) is 23.0 Å². The average Bonchev–Trinajstić information content (AvgIpc) is 3.85. The highest BCUT2D eigenvalue weighted by molar-refractivity contribution is 6.33. The van der Waals surface area contributed by atoms with Gasteiger partial charge in [-0.3, -0.25) is 19.0 Å². The summed E-state index contributed by atoms with van der Waals surface area (Å²) in [4.78, 5) is 42.2. The summed E-state index contributed by atoms with van der Waals surface area (Å²) >= 11 is 6.55. The standard InChI is InChI=1S/C36H36ClFN12O6/c1-39-33(51)21-8-24(32(38)30(10-21)54-4)20-56-28-15-43-36(44-16-28)48-26-12-46-50(18-26)6-5-40-34(52)22-7-23(31(37)29(9-22)53-3)19-55-27-13-41-35(42-14-27)47-25-11-45-49(2)17-25/h7-18H,5-6,19-20H2,1-4H3,(H,39,51)(H,40,52)(H,41,42,47)(H,43,44,48). The number of nitrogens with one attached hydrogen (secondary N) is 4. The summed E-state index contributed by atoms with van der Waals surface area (Å²) in [7, 11) is 6.06. The lowest BCUT2D eigenvalue weighted by atomic mass is 10.1. The van der Waals surface area contributed by atoms with Crippen LogP contribution in [0.3, 0.4) is 0 Å². The Morgan fingerprint density at radius 3 is 1.89 bits per heavy atom. The van der Waals surface area contributed by atoms with Crippen molar-refractivity contribution >= 4 is 46.7 Å². The normalized spacial score (nSPS) is 10.8. The largest absolute Gasteiger partial charge is 0.495 e. The van der Waals surface area contributed by atoms with E-state index < -0.39 is 11.7 Å². The van der Waals surface area contributed by atoms with Crippen LogP contribution in [0.2, 0.25) is 5.02 Å². The van der Waals surface area contributed by atoms with Gasteiger partial charge in [-0.15, -0.1) is 0 Å². The third-order valence-corrected chi connectivity index (χ3v) is 8.37. The van der Waals surface area contributed by atoms with Crippen molar-refractivity contribution in [2.24, 2.45) is 7.05 Å². The lowest BCUT2D eigenvalue weighted by Gasteiger charge is -2.13. The van der Waals surface area contributed by atoms with Gasteiger partial charge in [0.2, 0.25) is 11.9 Å². The van der Waals surface area contributed by atoms with Crippen LogP contribution in [0, 0.1) is 5.82 Å². The number of methoxy groups -OCH3 is 2. The molecule has 4 aromatic heterocycles. The second-order valence-corrected chi connectivity index (χ2v) is 12.2. The van der Waals surface area contributed by atoms with Crippen LogP contribution in [0.1, 0.15) is 31.8 Å². The summed E-state index contributed by atoms with van der Waals surface area (Å²) in [5.74, 6) is 0.176. The number of amides is 2. The Morgan fingerprint density at radius 2 is 1.30 bits per heavy atom. The highest BCUT2D eigenvalue weighted by Crippen LogP contribution is 2.31. The molecule has 290 valence electrons. The number of aromatic nitrogens is 8. The predicted octanol–water partition coefficient (Wildman–Crippen LogP) is 4.44. The topological polar surface area (TPSA) is 206 Å². The van der Waals surface area contributed by atoms with E-state index in [4.69, 9.17) is 30.5 Å². The van der Waals surface area contributed by atoms with Gasteiger partial charge in [0.15, 0.2) is 23.1 Å². The fourth-order valence-corrected chi connectivity index (χ4v) is 5.38. The number of nitrogens with zero attached hydrogens (tertiary/aromatic N) is 8. The zero-order valence-corrected chi connectivity index (χ0v) is 31.3. The van der Waals surface area contributed by atoms with E-state index >= 15 is 0 Å². The van der Waals surface area contributed by atoms with Crippen molar-refractivity contribution in [1.82, 2.24) is 50.1 Å². The van der Waals surface area contributed by atoms with Crippen molar-refractivity contribution in [2.45, 2.75) is 19.8 Å². The summed E-state index contributed by atoms with van der Waals surface area (Å²) < 4.78 is 40.1. The molecule has 0 fully saturated rings. The number of benzene rings is 2. The molecule has 0 saturated heterocycles. The van der Waals surface area contributed by atoms with Gasteiger partial charge in [-0.1, -0.05) is 11.6 Å². The number of hydrogen-bond donors (Lipinski definition) is 4. The molecule has 2 aromatic carbocycles. The Hall–Kier alpha value is -7.02. The molecule has 56 heavy (non-hydrogen) atoms. The Bertz CT molecular complexity index is 2300. The summed E-state index contributed by atoms with van der Waals surface area (Å²) in [5.41, 5.74) is 2.55. The first-order chi connectivity index (χ1) is 27.1. The molecule has 0 bridgehead atoms. The van der Waals surface area contributed by atoms with E-state index in [1.54, 1.807) is 46.3 Å². The molecule has 4 N–H and O–H groups in total. The Balaban J connectivity index is 0.982. The van der Waals surface area contributed by atoms with Gasteiger partial charge >= 0.3 is 0 Å². The molecule has 0 aliphatic carbocycles. The zero-order valence-electron chi connectivity index (χ0n) is 30.5. The summed E-state index contributed by atoms with van der Waals surface area (Å²) in [6.07, 6.45) is 12.6. The number of hydrogen-bond acceptors (Lipinski definition) is 14. The molecular formula is C36H36ClFN12O6. The zero-order chi connectivity index (χ0) is 39.6. The fourth-order valence-electron chi connectivity index (χ4n) is 5.14. The van der Waals surface area contributed by atoms with Crippen LogP contribution >= 0.6 is 11.6 Å². The van der Waals surface area contributed by atoms with Gasteiger partial charge < -0.3 is 40.2 Å². The van der Waals surface area contributed by atoms with Gasteiger partial charge in [-0.2, -0.15) is 10.2 Å². The second-order valence-electron chi connectivity index (χ2n) is 11.8.